The first kappa shape index (κ1) is 17.7. The first-order valence-electron chi connectivity index (χ1n) is 7.10. The lowest BCUT2D eigenvalue weighted by Gasteiger charge is -2.25. The molecule has 1 aromatic rings. The Bertz CT molecular complexity index is 530. The molecule has 0 aliphatic rings. The molecule has 6 nitrogen and oxygen atoms in total. The van der Waals surface area contributed by atoms with Crippen LogP contribution in [0.5, 0.6) is 0 Å². The van der Waals surface area contributed by atoms with Crippen molar-refractivity contribution < 1.29 is 19.5 Å². The van der Waals surface area contributed by atoms with Crippen molar-refractivity contribution in [2.24, 2.45) is 0 Å². The van der Waals surface area contributed by atoms with Crippen LogP contribution < -0.4 is 0 Å². The van der Waals surface area contributed by atoms with Crippen LogP contribution in [0.1, 0.15) is 25.8 Å². The zero-order valence-corrected chi connectivity index (χ0v) is 13.2. The molecule has 0 saturated carbocycles. The van der Waals surface area contributed by atoms with E-state index in [0.717, 1.165) is 5.56 Å². The lowest BCUT2D eigenvalue weighted by atomic mass is 10.2. The van der Waals surface area contributed by atoms with Crippen LogP contribution >= 0.6 is 0 Å². The van der Waals surface area contributed by atoms with Gasteiger partial charge in [0.25, 0.3) is 0 Å². The van der Waals surface area contributed by atoms with E-state index in [1.165, 1.54) is 25.8 Å². The van der Waals surface area contributed by atoms with Crippen molar-refractivity contribution >= 4 is 17.8 Å². The number of hydrogen-bond acceptors (Lipinski definition) is 3. The van der Waals surface area contributed by atoms with Crippen LogP contribution in [0.15, 0.2) is 30.3 Å². The zero-order valence-electron chi connectivity index (χ0n) is 13.2. The maximum absolute atomic E-state index is 12.0. The van der Waals surface area contributed by atoms with E-state index < -0.39 is 12.0 Å². The van der Waals surface area contributed by atoms with Gasteiger partial charge in [-0.05, 0) is 12.5 Å². The van der Waals surface area contributed by atoms with Crippen molar-refractivity contribution in [2.45, 2.75) is 32.9 Å². The molecule has 0 spiro atoms. The number of aliphatic carboxylic acids is 1. The summed E-state index contributed by atoms with van der Waals surface area (Å²) in [7, 11) is 1.45. The smallest absolute Gasteiger partial charge is 0.326 e. The molecule has 120 valence electrons. The van der Waals surface area contributed by atoms with E-state index in [1.54, 1.807) is 4.90 Å². The normalized spacial score (nSPS) is 11.6. The number of likely N-dealkylation sites (N-methyl/N-ethyl adjacent to an activating group) is 1. The predicted octanol–water partition coefficient (Wildman–Crippen LogP) is 1.36. The summed E-state index contributed by atoms with van der Waals surface area (Å²) in [5.41, 5.74) is 0.984. The van der Waals surface area contributed by atoms with E-state index in [1.807, 2.05) is 30.3 Å². The van der Waals surface area contributed by atoms with Crippen LogP contribution in [0.25, 0.3) is 0 Å². The number of benzene rings is 1. The van der Waals surface area contributed by atoms with E-state index >= 15 is 0 Å². The van der Waals surface area contributed by atoms with E-state index in [2.05, 4.69) is 0 Å². The van der Waals surface area contributed by atoms with Crippen LogP contribution in [0, 0.1) is 0 Å². The van der Waals surface area contributed by atoms with Crippen molar-refractivity contribution in [3.05, 3.63) is 35.9 Å². The quantitative estimate of drug-likeness (QED) is 0.825. The summed E-state index contributed by atoms with van der Waals surface area (Å²) in [6, 6.07) is 8.62. The van der Waals surface area contributed by atoms with Crippen LogP contribution in [0.4, 0.5) is 0 Å². The molecule has 1 rings (SSSR count). The molecule has 0 bridgehead atoms. The number of hydrogen-bond donors (Lipinski definition) is 1. The minimum atomic E-state index is -1.05. The van der Waals surface area contributed by atoms with Gasteiger partial charge in [-0.3, -0.25) is 9.59 Å². The topological polar surface area (TPSA) is 77.9 Å². The van der Waals surface area contributed by atoms with E-state index in [4.69, 9.17) is 5.11 Å². The zero-order chi connectivity index (χ0) is 16.7. The highest BCUT2D eigenvalue weighted by atomic mass is 16.4. The maximum Gasteiger partial charge on any atom is 0.326 e. The Morgan fingerprint density at radius 2 is 1.77 bits per heavy atom. The van der Waals surface area contributed by atoms with Crippen molar-refractivity contribution in [1.29, 1.82) is 0 Å². The Morgan fingerprint density at radius 1 is 1.18 bits per heavy atom. The van der Waals surface area contributed by atoms with Gasteiger partial charge in [0.1, 0.15) is 6.04 Å². The lowest BCUT2D eigenvalue weighted by molar-refractivity contribution is -0.148. The number of carbonyl (C=O) groups excluding carboxylic acids is 2. The SMILES string of the molecule is CC(=O)N(CCC(=O)N(C)C(C)C(=O)O)Cc1ccccc1. The van der Waals surface area contributed by atoms with Gasteiger partial charge in [-0.15, -0.1) is 0 Å². The van der Waals surface area contributed by atoms with Gasteiger partial charge in [0.2, 0.25) is 11.8 Å². The van der Waals surface area contributed by atoms with E-state index in [0.29, 0.717) is 6.54 Å². The van der Waals surface area contributed by atoms with Crippen molar-refractivity contribution in [3.8, 4) is 0 Å². The molecule has 2 amide bonds. The Hall–Kier alpha value is -2.37. The summed E-state index contributed by atoms with van der Waals surface area (Å²) in [5, 5.41) is 8.90. The minimum absolute atomic E-state index is 0.0978. The van der Waals surface area contributed by atoms with Gasteiger partial charge >= 0.3 is 5.97 Å². The molecule has 0 heterocycles. The molecule has 0 aliphatic carbocycles. The van der Waals surface area contributed by atoms with Crippen LogP contribution in [0.2, 0.25) is 0 Å². The summed E-state index contributed by atoms with van der Waals surface area (Å²) in [6.07, 6.45) is 0.0978. The number of carboxylic acids is 1. The average molecular weight is 306 g/mol. The molecule has 6 heteroatoms. The van der Waals surface area contributed by atoms with Gasteiger partial charge in [0.05, 0.1) is 0 Å². The third-order valence-corrected chi connectivity index (χ3v) is 3.59. The van der Waals surface area contributed by atoms with Gasteiger partial charge in [0, 0.05) is 33.5 Å². The number of carboxylic acid groups (broad SMARTS) is 1. The molecular weight excluding hydrogens is 284 g/mol. The number of amides is 2. The monoisotopic (exact) mass is 306 g/mol. The first-order chi connectivity index (χ1) is 10.3. The molecule has 0 aromatic heterocycles. The fraction of sp³-hybridized carbons (Fsp3) is 0.438. The molecule has 22 heavy (non-hydrogen) atoms. The number of carbonyl (C=O) groups is 3. The van der Waals surface area contributed by atoms with Crippen LogP contribution in [-0.4, -0.2) is 52.3 Å². The van der Waals surface area contributed by atoms with Gasteiger partial charge < -0.3 is 14.9 Å². The summed E-state index contributed by atoms with van der Waals surface area (Å²) in [4.78, 5) is 37.3. The van der Waals surface area contributed by atoms with Crippen LogP contribution in [-0.2, 0) is 20.9 Å². The van der Waals surface area contributed by atoms with Crippen LogP contribution in [0.3, 0.4) is 0 Å². The Kier molecular flexibility index (Phi) is 6.56. The van der Waals surface area contributed by atoms with Crippen molar-refractivity contribution in [1.82, 2.24) is 9.80 Å². The van der Waals surface area contributed by atoms with Crippen molar-refractivity contribution in [3.63, 3.8) is 0 Å². The lowest BCUT2D eigenvalue weighted by Crippen LogP contribution is -2.42. The molecule has 0 fully saturated rings. The predicted molar refractivity (Wildman–Crippen MR) is 82.0 cm³/mol. The van der Waals surface area contributed by atoms with Crippen molar-refractivity contribution in [2.75, 3.05) is 13.6 Å². The Balaban J connectivity index is 2.60. The molecule has 0 aliphatic heterocycles. The molecule has 1 atom stereocenters. The van der Waals surface area contributed by atoms with E-state index in [9.17, 15) is 14.4 Å². The van der Waals surface area contributed by atoms with Gasteiger partial charge in [-0.1, -0.05) is 30.3 Å². The van der Waals surface area contributed by atoms with E-state index in [-0.39, 0.29) is 24.8 Å². The summed E-state index contributed by atoms with van der Waals surface area (Å²) in [5.74, 6) is -1.47. The molecule has 1 unspecified atom stereocenters. The summed E-state index contributed by atoms with van der Waals surface area (Å²) in [6.45, 7) is 3.60. The fourth-order valence-corrected chi connectivity index (χ4v) is 1.94. The molecule has 1 N–H and O–H groups in total. The third kappa shape index (κ3) is 5.20. The second kappa shape index (κ2) is 8.17. The molecular formula is C16H22N2O4. The van der Waals surface area contributed by atoms with Gasteiger partial charge in [-0.2, -0.15) is 0 Å². The Labute approximate surface area is 130 Å². The maximum atomic E-state index is 12.0. The molecule has 0 radical (unpaired) electrons. The number of nitrogens with zero attached hydrogens (tertiary/aromatic N) is 2. The molecule has 0 saturated heterocycles. The largest absolute Gasteiger partial charge is 0.480 e. The second-order valence-electron chi connectivity index (χ2n) is 5.20. The fourth-order valence-electron chi connectivity index (χ4n) is 1.94. The van der Waals surface area contributed by atoms with Gasteiger partial charge in [0.15, 0.2) is 0 Å². The average Bonchev–Trinajstić information content (AvgIpc) is 2.50. The third-order valence-electron chi connectivity index (χ3n) is 3.59. The first-order valence-corrected chi connectivity index (χ1v) is 7.10. The standard InChI is InChI=1S/C16H22N2O4/c1-12(16(21)22)17(3)15(20)9-10-18(13(2)19)11-14-7-5-4-6-8-14/h4-8,12H,9-11H2,1-3H3,(H,21,22). The second-order valence-corrected chi connectivity index (χ2v) is 5.20. The highest BCUT2D eigenvalue weighted by Crippen LogP contribution is 2.07. The molecule has 1 aromatic carbocycles. The summed E-state index contributed by atoms with van der Waals surface area (Å²) >= 11 is 0. The minimum Gasteiger partial charge on any atom is -0.480 e. The Morgan fingerprint density at radius 3 is 2.27 bits per heavy atom. The highest BCUT2D eigenvalue weighted by Gasteiger charge is 2.22. The summed E-state index contributed by atoms with van der Waals surface area (Å²) < 4.78 is 0. The van der Waals surface area contributed by atoms with Gasteiger partial charge in [-0.25, -0.2) is 4.79 Å². The number of rotatable bonds is 7. The highest BCUT2D eigenvalue weighted by molar-refractivity contribution is 5.83.